The van der Waals surface area contributed by atoms with E-state index < -0.39 is 6.43 Å². The topological polar surface area (TPSA) is 68.3 Å². The van der Waals surface area contributed by atoms with Crippen molar-refractivity contribution >= 4 is 11.6 Å². The Morgan fingerprint density at radius 2 is 1.93 bits per heavy atom. The third-order valence-electron chi connectivity index (χ3n) is 4.69. The van der Waals surface area contributed by atoms with Gasteiger partial charge in [0.05, 0.1) is 24.1 Å². The van der Waals surface area contributed by atoms with Crippen LogP contribution >= 0.6 is 0 Å². The fourth-order valence-electron chi connectivity index (χ4n) is 3.13. The van der Waals surface area contributed by atoms with E-state index in [9.17, 15) is 13.6 Å². The highest BCUT2D eigenvalue weighted by Gasteiger charge is 2.23. The second-order valence-corrected chi connectivity index (χ2v) is 6.63. The molecule has 0 radical (unpaired) electrons. The maximum Gasteiger partial charge on any atom is 0.280 e. The molecule has 4 rings (SSSR count). The highest BCUT2D eigenvalue weighted by Crippen LogP contribution is 2.27. The van der Waals surface area contributed by atoms with E-state index in [0.717, 1.165) is 10.2 Å². The summed E-state index contributed by atoms with van der Waals surface area (Å²) in [6.07, 6.45) is 0.161. The van der Waals surface area contributed by atoms with E-state index in [0.29, 0.717) is 17.8 Å². The number of halogens is 2. The van der Waals surface area contributed by atoms with Gasteiger partial charge < -0.3 is 4.90 Å². The number of nitrogens with zero attached hydrogens (tertiary/aromatic N) is 6. The molecule has 0 saturated carbocycles. The van der Waals surface area contributed by atoms with E-state index in [1.807, 2.05) is 6.07 Å². The molecule has 7 nitrogen and oxygen atoms in total. The van der Waals surface area contributed by atoms with Crippen molar-refractivity contribution in [2.24, 2.45) is 7.05 Å². The van der Waals surface area contributed by atoms with Gasteiger partial charge in [-0.2, -0.15) is 10.2 Å². The van der Waals surface area contributed by atoms with Crippen LogP contribution in [0.25, 0.3) is 16.9 Å². The first-order valence-corrected chi connectivity index (χ1v) is 8.90. The number of rotatable bonds is 5. The summed E-state index contributed by atoms with van der Waals surface area (Å²) in [6, 6.07) is 12.1. The summed E-state index contributed by atoms with van der Waals surface area (Å²) in [5, 5.41) is 8.09. The molecule has 148 valence electrons. The first-order valence-electron chi connectivity index (χ1n) is 8.90. The number of carbonyl (C=O) groups excluding carboxylic acids is 1. The van der Waals surface area contributed by atoms with Crippen molar-refractivity contribution in [3.63, 3.8) is 0 Å². The van der Waals surface area contributed by atoms with Crippen LogP contribution in [0, 0.1) is 0 Å². The normalized spacial score (nSPS) is 11.3. The number of aryl methyl sites for hydroxylation is 1. The van der Waals surface area contributed by atoms with E-state index >= 15 is 0 Å². The fraction of sp³-hybridized carbons (Fsp3) is 0.200. The molecule has 1 aromatic carbocycles. The number of aromatic nitrogens is 5. The van der Waals surface area contributed by atoms with Gasteiger partial charge in [0.2, 0.25) is 0 Å². The molecule has 9 heteroatoms. The molecule has 0 spiro atoms. The summed E-state index contributed by atoms with van der Waals surface area (Å²) in [6.45, 7) is 0.312. The maximum absolute atomic E-state index is 13.7. The zero-order valence-electron chi connectivity index (χ0n) is 15.8. The lowest BCUT2D eigenvalue weighted by Crippen LogP contribution is -2.27. The van der Waals surface area contributed by atoms with Crippen LogP contribution in [0.3, 0.4) is 0 Å². The van der Waals surface area contributed by atoms with E-state index in [1.54, 1.807) is 55.3 Å². The van der Waals surface area contributed by atoms with Crippen LogP contribution in [0.1, 0.15) is 28.2 Å². The molecule has 0 atom stereocenters. The highest BCUT2D eigenvalue weighted by molar-refractivity contribution is 5.99. The third kappa shape index (κ3) is 3.46. The number of amides is 1. The zero-order chi connectivity index (χ0) is 20.5. The number of hydrogen-bond acceptors (Lipinski definition) is 4. The van der Waals surface area contributed by atoms with E-state index in [4.69, 9.17) is 0 Å². The van der Waals surface area contributed by atoms with Gasteiger partial charge in [-0.1, -0.05) is 30.3 Å². The van der Waals surface area contributed by atoms with Crippen molar-refractivity contribution in [3.05, 3.63) is 71.8 Å². The minimum atomic E-state index is -2.77. The van der Waals surface area contributed by atoms with Crippen LogP contribution in [-0.4, -0.2) is 42.2 Å². The minimum Gasteiger partial charge on any atom is -0.336 e. The highest BCUT2D eigenvalue weighted by atomic mass is 19.3. The van der Waals surface area contributed by atoms with E-state index in [2.05, 4.69) is 15.2 Å². The van der Waals surface area contributed by atoms with Gasteiger partial charge in [-0.15, -0.1) is 0 Å². The number of benzene rings is 1. The lowest BCUT2D eigenvalue weighted by molar-refractivity contribution is 0.0783. The largest absolute Gasteiger partial charge is 0.336 e. The predicted octanol–water partition coefficient (Wildman–Crippen LogP) is 3.34. The van der Waals surface area contributed by atoms with Crippen molar-refractivity contribution in [1.29, 1.82) is 0 Å². The van der Waals surface area contributed by atoms with Crippen LogP contribution in [-0.2, 0) is 13.6 Å². The van der Waals surface area contributed by atoms with Gasteiger partial charge in [0.15, 0.2) is 5.65 Å². The van der Waals surface area contributed by atoms with Gasteiger partial charge in [-0.05, 0) is 12.1 Å². The standard InChI is InChI=1S/C20H18F2N6O/c1-26(12-14-8-9-23-27(14)2)20(29)15-11-24-28-17(18(21)22)10-16(25-19(15)28)13-6-4-3-5-7-13/h3-11,18H,12H2,1-2H3. The molecular formula is C20H18F2N6O. The van der Waals surface area contributed by atoms with Gasteiger partial charge in [0.1, 0.15) is 11.3 Å². The fourth-order valence-corrected chi connectivity index (χ4v) is 3.13. The summed E-state index contributed by atoms with van der Waals surface area (Å²) in [5.74, 6) is -0.362. The molecule has 29 heavy (non-hydrogen) atoms. The molecule has 0 fully saturated rings. The molecule has 3 heterocycles. The minimum absolute atomic E-state index is 0.100. The number of fused-ring (bicyclic) bond motifs is 1. The number of carbonyl (C=O) groups is 1. The van der Waals surface area contributed by atoms with Gasteiger partial charge >= 0.3 is 0 Å². The van der Waals surface area contributed by atoms with Crippen molar-refractivity contribution < 1.29 is 13.6 Å². The average molecular weight is 396 g/mol. The Labute approximate surface area is 165 Å². The van der Waals surface area contributed by atoms with Gasteiger partial charge in [0.25, 0.3) is 12.3 Å². The van der Waals surface area contributed by atoms with Crippen molar-refractivity contribution in [3.8, 4) is 11.3 Å². The Kier molecular flexibility index (Phi) is 4.79. The lowest BCUT2D eigenvalue weighted by atomic mass is 10.1. The predicted molar refractivity (Wildman–Crippen MR) is 102 cm³/mol. The number of alkyl halides is 2. The molecule has 0 aliphatic heterocycles. The molecular weight excluding hydrogens is 378 g/mol. The van der Waals surface area contributed by atoms with Crippen LogP contribution in [0.5, 0.6) is 0 Å². The van der Waals surface area contributed by atoms with Crippen molar-refractivity contribution in [2.45, 2.75) is 13.0 Å². The summed E-state index contributed by atoms with van der Waals surface area (Å²) < 4.78 is 30.0. The summed E-state index contributed by atoms with van der Waals surface area (Å²) in [7, 11) is 3.42. The summed E-state index contributed by atoms with van der Waals surface area (Å²) >= 11 is 0. The van der Waals surface area contributed by atoms with Crippen LogP contribution in [0.15, 0.2) is 54.9 Å². The van der Waals surface area contributed by atoms with Gasteiger partial charge in [0, 0.05) is 25.9 Å². The Morgan fingerprint density at radius 3 is 2.59 bits per heavy atom. The molecule has 0 bridgehead atoms. The molecule has 3 aromatic heterocycles. The second kappa shape index (κ2) is 7.42. The molecule has 0 saturated heterocycles. The molecule has 0 aliphatic carbocycles. The van der Waals surface area contributed by atoms with Crippen LogP contribution < -0.4 is 0 Å². The Morgan fingerprint density at radius 1 is 1.17 bits per heavy atom. The van der Waals surface area contributed by atoms with Crippen LogP contribution in [0.4, 0.5) is 8.78 Å². The first kappa shape index (κ1) is 18.7. The summed E-state index contributed by atoms with van der Waals surface area (Å²) in [5.41, 5.74) is 1.82. The second-order valence-electron chi connectivity index (χ2n) is 6.63. The van der Waals surface area contributed by atoms with Gasteiger partial charge in [-0.3, -0.25) is 9.48 Å². The monoisotopic (exact) mass is 396 g/mol. The lowest BCUT2D eigenvalue weighted by Gasteiger charge is -2.16. The zero-order valence-corrected chi connectivity index (χ0v) is 15.8. The molecule has 0 unspecified atom stereocenters. The van der Waals surface area contributed by atoms with Crippen molar-refractivity contribution in [2.75, 3.05) is 7.05 Å². The Balaban J connectivity index is 1.78. The number of hydrogen-bond donors (Lipinski definition) is 0. The van der Waals surface area contributed by atoms with Crippen molar-refractivity contribution in [1.82, 2.24) is 29.3 Å². The quantitative estimate of drug-likeness (QED) is 0.519. The molecule has 0 aliphatic rings. The van der Waals surface area contributed by atoms with Gasteiger partial charge in [-0.25, -0.2) is 18.3 Å². The average Bonchev–Trinajstić information content (AvgIpc) is 3.33. The molecule has 1 amide bonds. The third-order valence-corrected chi connectivity index (χ3v) is 4.69. The molecule has 0 N–H and O–H groups in total. The Bertz CT molecular complexity index is 1170. The maximum atomic E-state index is 13.7. The summed E-state index contributed by atoms with van der Waals surface area (Å²) in [4.78, 5) is 18.9. The smallest absolute Gasteiger partial charge is 0.280 e. The van der Waals surface area contributed by atoms with Crippen LogP contribution in [0.2, 0.25) is 0 Å². The SMILES string of the molecule is CN(Cc1ccnn1C)C(=O)c1cnn2c(C(F)F)cc(-c3ccccc3)nc12. The first-order chi connectivity index (χ1) is 14.0. The van der Waals surface area contributed by atoms with E-state index in [-0.39, 0.29) is 22.8 Å². The molecule has 4 aromatic rings. The van der Waals surface area contributed by atoms with E-state index in [1.165, 1.54) is 17.2 Å². The Hall–Kier alpha value is -3.62.